The molecule has 2 aromatic rings. The van der Waals surface area contributed by atoms with Crippen molar-refractivity contribution < 1.29 is 14.3 Å². The van der Waals surface area contributed by atoms with Crippen molar-refractivity contribution in [1.82, 2.24) is 14.9 Å². The molecule has 1 aromatic heterocycles. The fourth-order valence-corrected chi connectivity index (χ4v) is 1.79. The van der Waals surface area contributed by atoms with Gasteiger partial charge in [0.1, 0.15) is 18.2 Å². The van der Waals surface area contributed by atoms with Crippen LogP contribution in [0.15, 0.2) is 30.6 Å². The molecule has 0 fully saturated rings. The third-order valence-electron chi connectivity index (χ3n) is 2.80. The van der Waals surface area contributed by atoms with E-state index in [2.05, 4.69) is 21.8 Å². The van der Waals surface area contributed by atoms with Crippen molar-refractivity contribution in [2.75, 3.05) is 13.7 Å². The number of halogens is 1. The predicted octanol–water partition coefficient (Wildman–Crippen LogP) is 1.16. The van der Waals surface area contributed by atoms with Gasteiger partial charge in [-0.2, -0.15) is 0 Å². The average Bonchev–Trinajstić information content (AvgIpc) is 2.97. The van der Waals surface area contributed by atoms with Crippen molar-refractivity contribution in [3.63, 3.8) is 0 Å². The number of imidazole rings is 1. The Morgan fingerprint density at radius 2 is 2.33 bits per heavy atom. The van der Waals surface area contributed by atoms with Crippen molar-refractivity contribution in [1.29, 1.82) is 0 Å². The Balaban J connectivity index is 2.15. The van der Waals surface area contributed by atoms with Gasteiger partial charge in [0.05, 0.1) is 12.1 Å². The molecule has 1 aromatic carbocycles. The summed E-state index contributed by atoms with van der Waals surface area (Å²) in [5, 5.41) is 8.60. The van der Waals surface area contributed by atoms with Crippen LogP contribution in [0.3, 0.4) is 0 Å². The van der Waals surface area contributed by atoms with Gasteiger partial charge < -0.3 is 15.0 Å². The summed E-state index contributed by atoms with van der Waals surface area (Å²) in [5.41, 5.74) is 0.380. The number of nitrogens with one attached hydrogen (secondary N) is 1. The summed E-state index contributed by atoms with van der Waals surface area (Å²) in [4.78, 5) is 20.5. The molecule has 5 nitrogen and oxygen atoms in total. The van der Waals surface area contributed by atoms with Crippen LogP contribution in [0.25, 0.3) is 0 Å². The molecule has 21 heavy (non-hydrogen) atoms. The van der Waals surface area contributed by atoms with E-state index < -0.39 is 11.7 Å². The average molecular weight is 287 g/mol. The molecule has 0 unspecified atom stereocenters. The van der Waals surface area contributed by atoms with Gasteiger partial charge >= 0.3 is 0 Å². The molecule has 1 amide bonds. The van der Waals surface area contributed by atoms with Crippen LogP contribution in [0.1, 0.15) is 21.7 Å². The Bertz CT molecular complexity index is 687. The van der Waals surface area contributed by atoms with Gasteiger partial charge in [0, 0.05) is 25.0 Å². The number of carbonyl (C=O) groups is 1. The van der Waals surface area contributed by atoms with Crippen LogP contribution in [-0.4, -0.2) is 39.5 Å². The first-order valence-corrected chi connectivity index (χ1v) is 6.25. The summed E-state index contributed by atoms with van der Waals surface area (Å²) >= 11 is 0. The zero-order valence-electron chi connectivity index (χ0n) is 11.4. The Labute approximate surface area is 121 Å². The minimum absolute atomic E-state index is 0.0291. The van der Waals surface area contributed by atoms with Crippen molar-refractivity contribution >= 4 is 5.91 Å². The predicted molar refractivity (Wildman–Crippen MR) is 74.7 cm³/mol. The summed E-state index contributed by atoms with van der Waals surface area (Å²) in [5.74, 6) is 4.55. The quantitative estimate of drug-likeness (QED) is 0.832. The summed E-state index contributed by atoms with van der Waals surface area (Å²) in [7, 11) is 1.57. The Hall–Kier alpha value is -2.65. The van der Waals surface area contributed by atoms with E-state index in [1.165, 1.54) is 17.0 Å². The van der Waals surface area contributed by atoms with E-state index in [1.807, 2.05) is 0 Å². The maximum absolute atomic E-state index is 14.0. The number of aliphatic hydroxyl groups excluding tert-OH is 1. The molecule has 0 spiro atoms. The molecule has 0 bridgehead atoms. The standard InChI is InChI=1S/C15H14FN3O2/c1-19(10-14-17-6-7-18-14)15(21)12-5-4-11(3-2-8-20)9-13(12)16/h4-7,9,20H,8,10H2,1H3,(H,17,18). The van der Waals surface area contributed by atoms with Crippen LogP contribution in [0.2, 0.25) is 0 Å². The molecule has 0 atom stereocenters. The zero-order chi connectivity index (χ0) is 15.2. The number of carbonyl (C=O) groups excluding carboxylic acids is 1. The third-order valence-corrected chi connectivity index (χ3v) is 2.80. The fraction of sp³-hybridized carbons (Fsp3) is 0.200. The van der Waals surface area contributed by atoms with Crippen molar-refractivity contribution in [3.8, 4) is 11.8 Å². The van der Waals surface area contributed by atoms with E-state index in [0.717, 1.165) is 0 Å². The summed E-state index contributed by atoms with van der Waals surface area (Å²) < 4.78 is 14.0. The maximum Gasteiger partial charge on any atom is 0.256 e. The van der Waals surface area contributed by atoms with Crippen LogP contribution in [0.4, 0.5) is 4.39 Å². The summed E-state index contributed by atoms with van der Waals surface area (Å²) in [6.45, 7) is -0.0362. The molecule has 2 N–H and O–H groups in total. The number of aliphatic hydroxyl groups is 1. The van der Waals surface area contributed by atoms with Crippen molar-refractivity contribution in [2.24, 2.45) is 0 Å². The summed E-state index contributed by atoms with van der Waals surface area (Å²) in [6.07, 6.45) is 3.24. The Kier molecular flexibility index (Phi) is 4.69. The lowest BCUT2D eigenvalue weighted by molar-refractivity contribution is 0.0777. The topological polar surface area (TPSA) is 69.2 Å². The number of hydrogen-bond acceptors (Lipinski definition) is 3. The smallest absolute Gasteiger partial charge is 0.256 e. The van der Waals surface area contributed by atoms with Crippen LogP contribution in [-0.2, 0) is 6.54 Å². The number of aromatic amines is 1. The SMILES string of the molecule is CN(Cc1ncc[nH]1)C(=O)c1ccc(C#CCO)cc1F. The van der Waals surface area contributed by atoms with Crippen molar-refractivity contribution in [2.45, 2.75) is 6.54 Å². The van der Waals surface area contributed by atoms with E-state index in [-0.39, 0.29) is 18.7 Å². The highest BCUT2D eigenvalue weighted by molar-refractivity contribution is 5.94. The Morgan fingerprint density at radius 1 is 1.52 bits per heavy atom. The molecule has 0 saturated carbocycles. The lowest BCUT2D eigenvalue weighted by atomic mass is 10.1. The lowest BCUT2D eigenvalue weighted by Crippen LogP contribution is -2.27. The maximum atomic E-state index is 14.0. The largest absolute Gasteiger partial charge is 0.384 e. The zero-order valence-corrected chi connectivity index (χ0v) is 11.4. The molecular formula is C15H14FN3O2. The van der Waals surface area contributed by atoms with E-state index in [4.69, 9.17) is 5.11 Å². The van der Waals surface area contributed by atoms with Crippen LogP contribution < -0.4 is 0 Å². The first-order chi connectivity index (χ1) is 10.1. The number of hydrogen-bond donors (Lipinski definition) is 2. The molecule has 0 aliphatic rings. The van der Waals surface area contributed by atoms with Gasteiger partial charge in [-0.3, -0.25) is 4.79 Å². The van der Waals surface area contributed by atoms with Gasteiger partial charge in [-0.25, -0.2) is 9.37 Å². The summed E-state index contributed by atoms with van der Waals surface area (Å²) in [6, 6.07) is 4.11. The molecule has 108 valence electrons. The number of nitrogens with zero attached hydrogens (tertiary/aromatic N) is 2. The Morgan fingerprint density at radius 3 is 2.95 bits per heavy atom. The number of aromatic nitrogens is 2. The number of rotatable bonds is 3. The molecule has 0 saturated heterocycles. The van der Waals surface area contributed by atoms with E-state index >= 15 is 0 Å². The fourth-order valence-electron chi connectivity index (χ4n) is 1.79. The second-order valence-electron chi connectivity index (χ2n) is 4.35. The first kappa shape index (κ1) is 14.8. The monoisotopic (exact) mass is 287 g/mol. The third kappa shape index (κ3) is 3.68. The molecule has 1 heterocycles. The molecular weight excluding hydrogens is 273 g/mol. The second kappa shape index (κ2) is 6.68. The van der Waals surface area contributed by atoms with Gasteiger partial charge in [0.25, 0.3) is 5.91 Å². The molecule has 0 radical (unpaired) electrons. The van der Waals surface area contributed by atoms with Gasteiger partial charge in [0.15, 0.2) is 0 Å². The van der Waals surface area contributed by atoms with E-state index in [9.17, 15) is 9.18 Å². The van der Waals surface area contributed by atoms with Gasteiger partial charge in [0.2, 0.25) is 0 Å². The highest BCUT2D eigenvalue weighted by Gasteiger charge is 2.17. The van der Waals surface area contributed by atoms with Crippen LogP contribution >= 0.6 is 0 Å². The molecule has 0 aliphatic carbocycles. The highest BCUT2D eigenvalue weighted by Crippen LogP contribution is 2.13. The normalized spacial score (nSPS) is 9.86. The number of amides is 1. The van der Waals surface area contributed by atoms with Crippen molar-refractivity contribution in [3.05, 3.63) is 53.4 Å². The van der Waals surface area contributed by atoms with Gasteiger partial charge in [-0.15, -0.1) is 0 Å². The van der Waals surface area contributed by atoms with E-state index in [1.54, 1.807) is 25.5 Å². The first-order valence-electron chi connectivity index (χ1n) is 6.25. The molecule has 2 rings (SSSR count). The second-order valence-corrected chi connectivity index (χ2v) is 4.35. The van der Waals surface area contributed by atoms with Gasteiger partial charge in [-0.05, 0) is 18.2 Å². The minimum atomic E-state index is -0.643. The molecule has 0 aliphatic heterocycles. The lowest BCUT2D eigenvalue weighted by Gasteiger charge is -2.16. The van der Waals surface area contributed by atoms with E-state index in [0.29, 0.717) is 11.4 Å². The molecule has 6 heteroatoms. The highest BCUT2D eigenvalue weighted by atomic mass is 19.1. The van der Waals surface area contributed by atoms with Crippen LogP contribution in [0.5, 0.6) is 0 Å². The van der Waals surface area contributed by atoms with Crippen LogP contribution in [0, 0.1) is 17.7 Å². The minimum Gasteiger partial charge on any atom is -0.384 e. The van der Waals surface area contributed by atoms with Gasteiger partial charge in [-0.1, -0.05) is 11.8 Å². The number of benzene rings is 1. The number of H-pyrrole nitrogens is 1.